The van der Waals surface area contributed by atoms with E-state index in [1.54, 1.807) is 6.08 Å². The Morgan fingerprint density at radius 3 is 1.30 bits per heavy atom. The van der Waals surface area contributed by atoms with E-state index in [2.05, 4.69) is 13.8 Å². The average molecular weight is 617 g/mol. The van der Waals surface area contributed by atoms with E-state index < -0.39 is 0 Å². The van der Waals surface area contributed by atoms with Gasteiger partial charge in [0.2, 0.25) is 5.78 Å². The summed E-state index contributed by atoms with van der Waals surface area (Å²) < 4.78 is 10.7. The number of esters is 2. The van der Waals surface area contributed by atoms with E-state index in [4.69, 9.17) is 9.47 Å². The number of carbonyl (C=O) groups is 3. The predicted molar refractivity (Wildman–Crippen MR) is 183 cm³/mol. The lowest BCUT2D eigenvalue weighted by Gasteiger charge is -2.13. The highest BCUT2D eigenvalue weighted by molar-refractivity contribution is 6.05. The lowest BCUT2D eigenvalue weighted by atomic mass is 10.0. The van der Waals surface area contributed by atoms with E-state index >= 15 is 0 Å². The van der Waals surface area contributed by atoms with Crippen LogP contribution in [-0.2, 0) is 23.9 Å². The highest BCUT2D eigenvalue weighted by atomic mass is 16.5. The molecule has 0 aromatic carbocycles. The van der Waals surface area contributed by atoms with Gasteiger partial charge in [0.15, 0.2) is 5.76 Å². The zero-order chi connectivity index (χ0) is 31.9. The second-order valence-corrected chi connectivity index (χ2v) is 13.1. The van der Waals surface area contributed by atoms with E-state index in [0.717, 1.165) is 37.7 Å². The van der Waals surface area contributed by atoms with Crippen LogP contribution in [-0.4, -0.2) is 24.3 Å². The molecule has 5 nitrogen and oxygen atoms in total. The zero-order valence-corrected chi connectivity index (χ0v) is 28.9. The molecule has 0 spiro atoms. The van der Waals surface area contributed by atoms with Crippen molar-refractivity contribution in [1.29, 1.82) is 0 Å². The molecule has 0 aromatic heterocycles. The fourth-order valence-corrected chi connectivity index (χ4v) is 5.83. The summed E-state index contributed by atoms with van der Waals surface area (Å²) in [4.78, 5) is 36.8. The van der Waals surface area contributed by atoms with Crippen molar-refractivity contribution >= 4 is 17.7 Å². The number of rotatable bonds is 31. The third-order valence-electron chi connectivity index (χ3n) is 8.74. The van der Waals surface area contributed by atoms with Crippen LogP contribution in [0.3, 0.4) is 0 Å². The van der Waals surface area contributed by atoms with Crippen molar-refractivity contribution in [2.45, 2.75) is 200 Å². The minimum atomic E-state index is -0.339. The first-order valence-corrected chi connectivity index (χ1v) is 18.9. The molecule has 0 bridgehead atoms. The van der Waals surface area contributed by atoms with Gasteiger partial charge in [0.05, 0.1) is 0 Å². The lowest BCUT2D eigenvalue weighted by Crippen LogP contribution is -2.15. The third kappa shape index (κ3) is 24.4. The van der Waals surface area contributed by atoms with Crippen LogP contribution in [0.1, 0.15) is 200 Å². The Morgan fingerprint density at radius 1 is 0.545 bits per heavy atom. The first kappa shape index (κ1) is 40.1. The van der Waals surface area contributed by atoms with Crippen molar-refractivity contribution in [1.82, 2.24) is 0 Å². The Balaban J connectivity index is 1.97. The predicted octanol–water partition coefficient (Wildman–Crippen LogP) is 11.8. The van der Waals surface area contributed by atoms with Crippen LogP contribution >= 0.6 is 0 Å². The second kappa shape index (κ2) is 29.8. The molecule has 0 aliphatic heterocycles. The summed E-state index contributed by atoms with van der Waals surface area (Å²) in [5.41, 5.74) is 0.741. The molecule has 0 heterocycles. The normalized spacial score (nSPS) is 13.1. The first-order chi connectivity index (χ1) is 21.6. The number of carbonyl (C=O) groups excluding carboxylic acids is 3. The molecule has 254 valence electrons. The van der Waals surface area contributed by atoms with E-state index in [0.29, 0.717) is 19.3 Å². The molecule has 5 heteroatoms. The van der Waals surface area contributed by atoms with E-state index in [-0.39, 0.29) is 30.1 Å². The summed E-state index contributed by atoms with van der Waals surface area (Å²) in [6, 6.07) is 0. The van der Waals surface area contributed by atoms with Crippen LogP contribution in [0.5, 0.6) is 0 Å². The van der Waals surface area contributed by atoms with Crippen molar-refractivity contribution in [3.8, 4) is 0 Å². The third-order valence-corrected chi connectivity index (χ3v) is 8.74. The SMILES string of the molecule is CCCCCCCCCCCCCCCC(=O)OCC1=CC(=O)C(OC(=O)CCCCCCCCCCCCCCC)=CC1. The standard InChI is InChI=1S/C39H68O5/c1-3-5-7-9-11-13-15-17-19-21-23-25-27-29-38(41)43-34-35-31-32-37(36(40)33-35)44-39(42)30-28-26-24-22-20-18-16-14-12-10-8-6-4-2/h32-33H,3-31,34H2,1-2H3. The van der Waals surface area contributed by atoms with Gasteiger partial charge in [-0.3, -0.25) is 14.4 Å². The van der Waals surface area contributed by atoms with Gasteiger partial charge in [-0.25, -0.2) is 0 Å². The molecule has 0 atom stereocenters. The molecule has 0 radical (unpaired) electrons. The number of allylic oxidation sites excluding steroid dienone is 2. The Labute approximate surface area is 271 Å². The minimum absolute atomic E-state index is 0.103. The maximum Gasteiger partial charge on any atom is 0.311 e. The molecule has 0 amide bonds. The van der Waals surface area contributed by atoms with Crippen molar-refractivity contribution in [3.05, 3.63) is 23.5 Å². The second-order valence-electron chi connectivity index (χ2n) is 13.1. The van der Waals surface area contributed by atoms with Crippen molar-refractivity contribution in [2.75, 3.05) is 6.61 Å². The van der Waals surface area contributed by atoms with Crippen molar-refractivity contribution < 1.29 is 23.9 Å². The molecule has 0 fully saturated rings. The van der Waals surface area contributed by atoms with Gasteiger partial charge in [-0.05, 0) is 37.0 Å². The molecule has 1 aliphatic rings. The fraction of sp³-hybridized carbons (Fsp3) is 0.821. The van der Waals surface area contributed by atoms with Crippen molar-refractivity contribution in [2.24, 2.45) is 0 Å². The smallest absolute Gasteiger partial charge is 0.311 e. The fourth-order valence-electron chi connectivity index (χ4n) is 5.83. The Bertz CT molecular complexity index is 796. The number of ether oxygens (including phenoxy) is 2. The number of hydrogen-bond acceptors (Lipinski definition) is 5. The Kier molecular flexibility index (Phi) is 27.2. The molecule has 0 saturated carbocycles. The van der Waals surface area contributed by atoms with Crippen LogP contribution in [0.2, 0.25) is 0 Å². The van der Waals surface area contributed by atoms with Crippen LogP contribution in [0.4, 0.5) is 0 Å². The maximum atomic E-state index is 12.4. The first-order valence-electron chi connectivity index (χ1n) is 18.9. The molecular weight excluding hydrogens is 548 g/mol. The Morgan fingerprint density at radius 2 is 0.909 bits per heavy atom. The Hall–Kier alpha value is -1.91. The molecule has 0 unspecified atom stereocenters. The molecule has 1 aliphatic carbocycles. The monoisotopic (exact) mass is 617 g/mol. The van der Waals surface area contributed by atoms with Crippen LogP contribution in [0, 0.1) is 0 Å². The van der Waals surface area contributed by atoms with Gasteiger partial charge in [0, 0.05) is 12.8 Å². The van der Waals surface area contributed by atoms with E-state index in [1.807, 2.05) is 0 Å². The highest BCUT2D eigenvalue weighted by Crippen LogP contribution is 2.19. The molecular formula is C39H68O5. The number of ketones is 1. The quantitative estimate of drug-likeness (QED) is 0.0572. The van der Waals surface area contributed by atoms with Crippen LogP contribution in [0.15, 0.2) is 23.5 Å². The topological polar surface area (TPSA) is 69.7 Å². The number of hydrogen-bond donors (Lipinski definition) is 0. The van der Waals surface area contributed by atoms with Gasteiger partial charge in [0.1, 0.15) is 6.61 Å². The van der Waals surface area contributed by atoms with Gasteiger partial charge in [-0.15, -0.1) is 0 Å². The van der Waals surface area contributed by atoms with Crippen LogP contribution in [0.25, 0.3) is 0 Å². The summed E-state index contributed by atoms with van der Waals surface area (Å²) in [5, 5.41) is 0. The highest BCUT2D eigenvalue weighted by Gasteiger charge is 2.19. The largest absolute Gasteiger partial charge is 0.461 e. The van der Waals surface area contributed by atoms with Crippen LogP contribution < -0.4 is 0 Å². The summed E-state index contributed by atoms with van der Waals surface area (Å²) in [7, 11) is 0. The molecule has 44 heavy (non-hydrogen) atoms. The summed E-state index contributed by atoms with van der Waals surface area (Å²) in [6.45, 7) is 4.64. The molecule has 0 N–H and O–H groups in total. The van der Waals surface area contributed by atoms with E-state index in [1.165, 1.54) is 141 Å². The van der Waals surface area contributed by atoms with Crippen molar-refractivity contribution in [3.63, 3.8) is 0 Å². The zero-order valence-electron chi connectivity index (χ0n) is 28.9. The molecule has 0 aromatic rings. The number of unbranched alkanes of at least 4 members (excludes halogenated alkanes) is 24. The minimum Gasteiger partial charge on any atom is -0.461 e. The summed E-state index contributed by atoms with van der Waals surface area (Å²) in [6.07, 6.45) is 37.2. The van der Waals surface area contributed by atoms with Gasteiger partial charge >= 0.3 is 11.9 Å². The van der Waals surface area contributed by atoms with Gasteiger partial charge in [-0.1, -0.05) is 168 Å². The average Bonchev–Trinajstić information content (AvgIpc) is 3.02. The summed E-state index contributed by atoms with van der Waals surface area (Å²) in [5.74, 6) is -0.765. The molecule has 1 rings (SSSR count). The maximum absolute atomic E-state index is 12.4. The lowest BCUT2D eigenvalue weighted by molar-refractivity contribution is -0.142. The van der Waals surface area contributed by atoms with Gasteiger partial charge in [-0.2, -0.15) is 0 Å². The van der Waals surface area contributed by atoms with Gasteiger partial charge in [0.25, 0.3) is 0 Å². The molecule has 0 saturated heterocycles. The summed E-state index contributed by atoms with van der Waals surface area (Å²) >= 11 is 0. The van der Waals surface area contributed by atoms with Gasteiger partial charge < -0.3 is 9.47 Å². The van der Waals surface area contributed by atoms with E-state index in [9.17, 15) is 14.4 Å².